The summed E-state index contributed by atoms with van der Waals surface area (Å²) in [6.45, 7) is 0.908. The summed E-state index contributed by atoms with van der Waals surface area (Å²) in [4.78, 5) is 11.5. The number of carbonyl (C=O) groups excluding carboxylic acids is 1. The zero-order valence-corrected chi connectivity index (χ0v) is 15.1. The maximum absolute atomic E-state index is 12.7. The van der Waals surface area contributed by atoms with Crippen LogP contribution in [0.5, 0.6) is 5.75 Å². The van der Waals surface area contributed by atoms with E-state index in [-0.39, 0.29) is 18.4 Å². The van der Waals surface area contributed by atoms with Gasteiger partial charge in [-0.3, -0.25) is 4.79 Å². The molecule has 1 aliphatic heterocycles. The minimum Gasteiger partial charge on any atom is -0.497 e. The van der Waals surface area contributed by atoms with Crippen LogP contribution in [0, 0.1) is 5.92 Å². The van der Waals surface area contributed by atoms with Gasteiger partial charge in [0.2, 0.25) is 0 Å². The first-order valence-electron chi connectivity index (χ1n) is 7.80. The van der Waals surface area contributed by atoms with Gasteiger partial charge in [-0.05, 0) is 30.5 Å². The highest BCUT2D eigenvalue weighted by atomic mass is 32.2. The predicted octanol–water partition coefficient (Wildman–Crippen LogP) is 1.26. The third kappa shape index (κ3) is 4.25. The number of benzene rings is 1. The quantitative estimate of drug-likeness (QED) is 0.717. The lowest BCUT2D eigenvalue weighted by Gasteiger charge is -2.32. The van der Waals surface area contributed by atoms with E-state index in [0.717, 1.165) is 5.56 Å². The molecule has 1 saturated heterocycles. The average molecular weight is 356 g/mol. The molecule has 0 bridgehead atoms. The molecule has 8 heteroatoms. The summed E-state index contributed by atoms with van der Waals surface area (Å²) in [5, 5.41) is 0. The number of carbonyl (C=O) groups is 1. The van der Waals surface area contributed by atoms with Gasteiger partial charge in [0, 0.05) is 26.7 Å². The minimum atomic E-state index is -3.56. The Bertz CT molecular complexity index is 669. The van der Waals surface area contributed by atoms with Gasteiger partial charge in [-0.1, -0.05) is 12.1 Å². The van der Waals surface area contributed by atoms with Crippen molar-refractivity contribution < 1.29 is 22.7 Å². The number of piperidine rings is 1. The summed E-state index contributed by atoms with van der Waals surface area (Å²) in [5.74, 6) is 0.208. The molecule has 0 N–H and O–H groups in total. The maximum atomic E-state index is 12.7. The van der Waals surface area contributed by atoms with Crippen LogP contribution >= 0.6 is 0 Å². The molecule has 134 valence electrons. The van der Waals surface area contributed by atoms with Crippen LogP contribution in [0.2, 0.25) is 0 Å². The fourth-order valence-electron chi connectivity index (χ4n) is 2.80. The standard InChI is InChI=1S/C16H24N2O5S/c1-17(12-13-5-4-6-15(11-13)22-2)24(20,21)18-9-7-14(8-10-18)16(19)23-3/h4-6,11,14H,7-10,12H2,1-3H3. The average Bonchev–Trinajstić information content (AvgIpc) is 2.61. The normalized spacial score (nSPS) is 17.0. The second-order valence-electron chi connectivity index (χ2n) is 5.81. The van der Waals surface area contributed by atoms with Crippen LogP contribution in [-0.2, 0) is 26.3 Å². The fraction of sp³-hybridized carbons (Fsp3) is 0.562. The van der Waals surface area contributed by atoms with E-state index in [1.165, 1.54) is 15.7 Å². The van der Waals surface area contributed by atoms with Crippen LogP contribution in [0.4, 0.5) is 0 Å². The molecule has 1 fully saturated rings. The molecule has 0 saturated carbocycles. The number of ether oxygens (including phenoxy) is 2. The third-order valence-corrected chi connectivity index (χ3v) is 6.18. The van der Waals surface area contributed by atoms with Gasteiger partial charge in [-0.25, -0.2) is 0 Å². The van der Waals surface area contributed by atoms with Crippen molar-refractivity contribution in [3.8, 4) is 5.75 Å². The Morgan fingerprint density at radius 3 is 2.54 bits per heavy atom. The van der Waals surface area contributed by atoms with E-state index >= 15 is 0 Å². The second-order valence-corrected chi connectivity index (χ2v) is 7.85. The number of esters is 1. The van der Waals surface area contributed by atoms with Gasteiger partial charge < -0.3 is 9.47 Å². The van der Waals surface area contributed by atoms with Crippen molar-refractivity contribution in [1.29, 1.82) is 0 Å². The number of nitrogens with zero attached hydrogens (tertiary/aromatic N) is 2. The molecule has 0 amide bonds. The molecule has 0 spiro atoms. The first-order valence-corrected chi connectivity index (χ1v) is 9.20. The zero-order valence-electron chi connectivity index (χ0n) is 14.3. The van der Waals surface area contributed by atoms with Gasteiger partial charge in [0.05, 0.1) is 20.1 Å². The van der Waals surface area contributed by atoms with Gasteiger partial charge in [0.25, 0.3) is 10.2 Å². The lowest BCUT2D eigenvalue weighted by atomic mass is 9.99. The van der Waals surface area contributed by atoms with Gasteiger partial charge in [0.15, 0.2) is 0 Å². The molecule has 2 rings (SSSR count). The summed E-state index contributed by atoms with van der Waals surface area (Å²) in [6.07, 6.45) is 0.970. The summed E-state index contributed by atoms with van der Waals surface area (Å²) in [5.41, 5.74) is 0.852. The van der Waals surface area contributed by atoms with Crippen LogP contribution in [0.25, 0.3) is 0 Å². The highest BCUT2D eigenvalue weighted by molar-refractivity contribution is 7.86. The Morgan fingerprint density at radius 1 is 1.29 bits per heavy atom. The summed E-state index contributed by atoms with van der Waals surface area (Å²) in [6, 6.07) is 7.32. The van der Waals surface area contributed by atoms with E-state index < -0.39 is 10.2 Å². The van der Waals surface area contributed by atoms with Gasteiger partial charge in [-0.15, -0.1) is 0 Å². The van der Waals surface area contributed by atoms with Crippen molar-refractivity contribution >= 4 is 16.2 Å². The maximum Gasteiger partial charge on any atom is 0.308 e. The molecule has 24 heavy (non-hydrogen) atoms. The van der Waals surface area contributed by atoms with Crippen molar-refractivity contribution in [3.05, 3.63) is 29.8 Å². The number of rotatable bonds is 6. The predicted molar refractivity (Wildman–Crippen MR) is 89.7 cm³/mol. The Balaban J connectivity index is 2.00. The minimum absolute atomic E-state index is 0.217. The van der Waals surface area contributed by atoms with Gasteiger partial charge in [-0.2, -0.15) is 17.0 Å². The van der Waals surface area contributed by atoms with Crippen molar-refractivity contribution in [1.82, 2.24) is 8.61 Å². The molecular formula is C16H24N2O5S. The smallest absolute Gasteiger partial charge is 0.308 e. The zero-order chi connectivity index (χ0) is 17.7. The van der Waals surface area contributed by atoms with E-state index in [4.69, 9.17) is 9.47 Å². The molecule has 0 aromatic heterocycles. The van der Waals surface area contributed by atoms with E-state index in [1.54, 1.807) is 14.2 Å². The first kappa shape index (κ1) is 18.7. The third-order valence-electron chi connectivity index (χ3n) is 4.25. The molecule has 1 aromatic rings. The van der Waals surface area contributed by atoms with Crippen LogP contribution in [0.15, 0.2) is 24.3 Å². The lowest BCUT2D eigenvalue weighted by Crippen LogP contribution is -2.46. The Labute approximate surface area is 143 Å². The first-order chi connectivity index (χ1) is 11.4. The second kappa shape index (κ2) is 7.96. The Hall–Kier alpha value is -1.64. The van der Waals surface area contributed by atoms with Gasteiger partial charge >= 0.3 is 5.97 Å². The van der Waals surface area contributed by atoms with E-state index in [2.05, 4.69) is 0 Å². The highest BCUT2D eigenvalue weighted by Crippen LogP contribution is 2.23. The van der Waals surface area contributed by atoms with E-state index in [1.807, 2.05) is 24.3 Å². The molecule has 0 unspecified atom stereocenters. The van der Waals surface area contributed by atoms with Crippen LogP contribution in [0.3, 0.4) is 0 Å². The van der Waals surface area contributed by atoms with Crippen molar-refractivity contribution in [3.63, 3.8) is 0 Å². The number of methoxy groups -OCH3 is 2. The van der Waals surface area contributed by atoms with Crippen LogP contribution < -0.4 is 4.74 Å². The molecule has 1 aliphatic rings. The Kier molecular flexibility index (Phi) is 6.20. The molecule has 1 heterocycles. The SMILES string of the molecule is COC(=O)C1CCN(S(=O)(=O)N(C)Cc2cccc(OC)c2)CC1. The van der Waals surface area contributed by atoms with Crippen molar-refractivity contribution in [2.45, 2.75) is 19.4 Å². The van der Waals surface area contributed by atoms with Gasteiger partial charge in [0.1, 0.15) is 5.75 Å². The van der Waals surface area contributed by atoms with E-state index in [9.17, 15) is 13.2 Å². The molecule has 1 aromatic carbocycles. The fourth-order valence-corrected chi connectivity index (χ4v) is 4.17. The molecular weight excluding hydrogens is 332 g/mol. The summed E-state index contributed by atoms with van der Waals surface area (Å²) >= 11 is 0. The number of hydrogen-bond donors (Lipinski definition) is 0. The molecule has 7 nitrogen and oxygen atoms in total. The topological polar surface area (TPSA) is 76.2 Å². The highest BCUT2D eigenvalue weighted by Gasteiger charge is 2.33. The van der Waals surface area contributed by atoms with E-state index in [0.29, 0.717) is 31.7 Å². The summed E-state index contributed by atoms with van der Waals surface area (Å²) < 4.78 is 38.0. The lowest BCUT2D eigenvalue weighted by molar-refractivity contribution is -0.146. The molecule has 0 radical (unpaired) electrons. The largest absolute Gasteiger partial charge is 0.497 e. The molecule has 0 atom stereocenters. The van der Waals surface area contributed by atoms with Crippen molar-refractivity contribution in [2.24, 2.45) is 5.92 Å². The summed E-state index contributed by atoms with van der Waals surface area (Å²) in [7, 11) is 0.924. The van der Waals surface area contributed by atoms with Crippen LogP contribution in [0.1, 0.15) is 18.4 Å². The van der Waals surface area contributed by atoms with Crippen LogP contribution in [-0.4, -0.2) is 57.4 Å². The Morgan fingerprint density at radius 2 is 1.96 bits per heavy atom. The van der Waals surface area contributed by atoms with Crippen molar-refractivity contribution in [2.75, 3.05) is 34.4 Å². The number of hydrogen-bond acceptors (Lipinski definition) is 5. The molecule has 0 aliphatic carbocycles. The monoisotopic (exact) mass is 356 g/mol.